The Morgan fingerprint density at radius 1 is 1.13 bits per heavy atom. The lowest BCUT2D eigenvalue weighted by Crippen LogP contribution is -2.52. The van der Waals surface area contributed by atoms with Crippen LogP contribution in [-0.2, 0) is 27.3 Å². The van der Waals surface area contributed by atoms with Crippen LogP contribution in [0.3, 0.4) is 0 Å². The lowest BCUT2D eigenvalue weighted by atomic mass is 10.0. The van der Waals surface area contributed by atoms with E-state index < -0.39 is 11.9 Å². The quantitative estimate of drug-likeness (QED) is 0.704. The third kappa shape index (κ3) is 4.50. The van der Waals surface area contributed by atoms with Crippen LogP contribution >= 0.6 is 0 Å². The SMILES string of the molecule is Cc1ccc(CCCC(=O)Nc2cccc3c2CN(C2CCC(=O)NC2=O)C3=O)cc1. The molecule has 0 radical (unpaired) electrons. The van der Waals surface area contributed by atoms with E-state index in [1.54, 1.807) is 18.2 Å². The average Bonchev–Trinajstić information content (AvgIpc) is 3.07. The molecule has 1 unspecified atom stereocenters. The molecule has 1 saturated heterocycles. The largest absolute Gasteiger partial charge is 0.326 e. The summed E-state index contributed by atoms with van der Waals surface area (Å²) in [6.07, 6.45) is 2.45. The number of amides is 4. The van der Waals surface area contributed by atoms with Crippen LogP contribution < -0.4 is 10.6 Å². The van der Waals surface area contributed by atoms with Gasteiger partial charge in [-0.15, -0.1) is 0 Å². The number of piperidine rings is 1. The molecule has 0 bridgehead atoms. The molecule has 2 aliphatic heterocycles. The first-order valence-corrected chi connectivity index (χ1v) is 10.5. The normalized spacial score (nSPS) is 18.0. The van der Waals surface area contributed by atoms with Gasteiger partial charge in [0.2, 0.25) is 17.7 Å². The summed E-state index contributed by atoms with van der Waals surface area (Å²) in [6.45, 7) is 2.28. The van der Waals surface area contributed by atoms with E-state index in [2.05, 4.69) is 34.9 Å². The van der Waals surface area contributed by atoms with Crippen LogP contribution in [0.2, 0.25) is 0 Å². The van der Waals surface area contributed by atoms with Gasteiger partial charge in [0, 0.05) is 36.2 Å². The van der Waals surface area contributed by atoms with Gasteiger partial charge in [0.15, 0.2) is 0 Å². The summed E-state index contributed by atoms with van der Waals surface area (Å²) in [5.74, 6) is -1.12. The summed E-state index contributed by atoms with van der Waals surface area (Å²) in [5, 5.41) is 5.23. The molecule has 7 heteroatoms. The number of anilines is 1. The number of hydrogen-bond donors (Lipinski definition) is 2. The van der Waals surface area contributed by atoms with Crippen LogP contribution in [0.15, 0.2) is 42.5 Å². The zero-order valence-electron chi connectivity index (χ0n) is 17.4. The Bertz CT molecular complexity index is 1050. The predicted octanol–water partition coefficient (Wildman–Crippen LogP) is 2.72. The van der Waals surface area contributed by atoms with Gasteiger partial charge in [-0.05, 0) is 43.9 Å². The number of nitrogens with one attached hydrogen (secondary N) is 2. The van der Waals surface area contributed by atoms with Gasteiger partial charge in [-0.25, -0.2) is 0 Å². The maximum absolute atomic E-state index is 12.9. The molecule has 160 valence electrons. The molecule has 1 atom stereocenters. The van der Waals surface area contributed by atoms with E-state index in [4.69, 9.17) is 0 Å². The fraction of sp³-hybridized carbons (Fsp3) is 0.333. The molecular formula is C24H25N3O4. The highest BCUT2D eigenvalue weighted by Crippen LogP contribution is 2.32. The lowest BCUT2D eigenvalue weighted by Gasteiger charge is -2.29. The first-order valence-electron chi connectivity index (χ1n) is 10.5. The predicted molar refractivity (Wildman–Crippen MR) is 115 cm³/mol. The van der Waals surface area contributed by atoms with Gasteiger partial charge in [0.05, 0.1) is 0 Å². The highest BCUT2D eigenvalue weighted by atomic mass is 16.2. The molecule has 31 heavy (non-hydrogen) atoms. The summed E-state index contributed by atoms with van der Waals surface area (Å²) in [7, 11) is 0. The van der Waals surface area contributed by atoms with Gasteiger partial charge in [-0.2, -0.15) is 0 Å². The van der Waals surface area contributed by atoms with Gasteiger partial charge in [0.25, 0.3) is 5.91 Å². The van der Waals surface area contributed by atoms with Crippen molar-refractivity contribution < 1.29 is 19.2 Å². The van der Waals surface area contributed by atoms with Crippen LogP contribution in [0.4, 0.5) is 5.69 Å². The first-order chi connectivity index (χ1) is 14.9. The van der Waals surface area contributed by atoms with Crippen LogP contribution in [-0.4, -0.2) is 34.6 Å². The third-order valence-electron chi connectivity index (χ3n) is 5.85. The number of carbonyl (C=O) groups excluding carboxylic acids is 4. The van der Waals surface area contributed by atoms with Crippen molar-refractivity contribution >= 4 is 29.3 Å². The number of aryl methyl sites for hydroxylation is 2. The van der Waals surface area contributed by atoms with E-state index in [0.717, 1.165) is 12.8 Å². The summed E-state index contributed by atoms with van der Waals surface area (Å²) in [6, 6.07) is 12.8. The Morgan fingerprint density at radius 2 is 1.90 bits per heavy atom. The van der Waals surface area contributed by atoms with Crippen molar-refractivity contribution in [3.63, 3.8) is 0 Å². The standard InChI is InChI=1S/C24H25N3O4/c1-15-8-10-16(11-9-15)4-2-7-21(28)25-19-6-3-5-17-18(19)14-27(24(17)31)20-12-13-22(29)26-23(20)30/h3,5-6,8-11,20H,2,4,7,12-14H2,1H3,(H,25,28)(H,26,29,30). The van der Waals surface area contributed by atoms with Crippen molar-refractivity contribution in [1.29, 1.82) is 0 Å². The van der Waals surface area contributed by atoms with E-state index in [0.29, 0.717) is 29.7 Å². The van der Waals surface area contributed by atoms with Crippen molar-refractivity contribution in [2.75, 3.05) is 5.32 Å². The van der Waals surface area contributed by atoms with E-state index in [9.17, 15) is 19.2 Å². The van der Waals surface area contributed by atoms with Crippen LogP contribution in [0.1, 0.15) is 52.7 Å². The molecule has 1 fully saturated rings. The molecule has 2 heterocycles. The lowest BCUT2D eigenvalue weighted by molar-refractivity contribution is -0.137. The molecule has 7 nitrogen and oxygen atoms in total. The molecule has 0 saturated carbocycles. The molecule has 0 aromatic heterocycles. The van der Waals surface area contributed by atoms with Gasteiger partial charge in [0.1, 0.15) is 6.04 Å². The van der Waals surface area contributed by atoms with Crippen molar-refractivity contribution in [2.24, 2.45) is 0 Å². The fourth-order valence-corrected chi connectivity index (χ4v) is 4.12. The Kier molecular flexibility index (Phi) is 5.84. The maximum atomic E-state index is 12.9. The minimum atomic E-state index is -0.671. The number of carbonyl (C=O) groups is 4. The van der Waals surface area contributed by atoms with Gasteiger partial charge >= 0.3 is 0 Å². The van der Waals surface area contributed by atoms with Gasteiger partial charge in [-0.3, -0.25) is 24.5 Å². The topological polar surface area (TPSA) is 95.6 Å². The zero-order chi connectivity index (χ0) is 22.0. The number of benzene rings is 2. The number of nitrogens with zero attached hydrogens (tertiary/aromatic N) is 1. The highest BCUT2D eigenvalue weighted by Gasteiger charge is 2.39. The minimum Gasteiger partial charge on any atom is -0.326 e. The maximum Gasteiger partial charge on any atom is 0.255 e. The van der Waals surface area contributed by atoms with E-state index in [1.807, 2.05) is 6.92 Å². The Labute approximate surface area is 180 Å². The van der Waals surface area contributed by atoms with Crippen molar-refractivity contribution in [3.05, 3.63) is 64.7 Å². The van der Waals surface area contributed by atoms with Gasteiger partial charge in [-0.1, -0.05) is 35.9 Å². The van der Waals surface area contributed by atoms with Crippen molar-refractivity contribution in [3.8, 4) is 0 Å². The molecule has 0 spiro atoms. The first kappa shape index (κ1) is 20.8. The summed E-state index contributed by atoms with van der Waals surface area (Å²) in [5.41, 5.74) is 4.21. The Morgan fingerprint density at radius 3 is 2.65 bits per heavy atom. The Hall–Kier alpha value is -3.48. The van der Waals surface area contributed by atoms with Crippen LogP contribution in [0.5, 0.6) is 0 Å². The molecule has 0 aliphatic carbocycles. The second-order valence-electron chi connectivity index (χ2n) is 8.12. The average molecular weight is 419 g/mol. The zero-order valence-corrected chi connectivity index (χ0v) is 17.4. The molecule has 4 rings (SSSR count). The second kappa shape index (κ2) is 8.71. The molecule has 2 N–H and O–H groups in total. The van der Waals surface area contributed by atoms with E-state index in [1.165, 1.54) is 16.0 Å². The number of fused-ring (bicyclic) bond motifs is 1. The number of rotatable bonds is 6. The van der Waals surface area contributed by atoms with Crippen LogP contribution in [0, 0.1) is 6.92 Å². The van der Waals surface area contributed by atoms with Crippen LogP contribution in [0.25, 0.3) is 0 Å². The van der Waals surface area contributed by atoms with Gasteiger partial charge < -0.3 is 10.2 Å². The molecular weight excluding hydrogens is 394 g/mol. The number of hydrogen-bond acceptors (Lipinski definition) is 4. The smallest absolute Gasteiger partial charge is 0.255 e. The molecule has 4 amide bonds. The Balaban J connectivity index is 1.39. The molecule has 2 aliphatic rings. The third-order valence-corrected chi connectivity index (χ3v) is 5.85. The summed E-state index contributed by atoms with van der Waals surface area (Å²) < 4.78 is 0. The minimum absolute atomic E-state index is 0.104. The highest BCUT2D eigenvalue weighted by molar-refractivity contribution is 6.06. The summed E-state index contributed by atoms with van der Waals surface area (Å²) in [4.78, 5) is 50.5. The summed E-state index contributed by atoms with van der Waals surface area (Å²) >= 11 is 0. The van der Waals surface area contributed by atoms with Crippen molar-refractivity contribution in [2.45, 2.75) is 51.6 Å². The monoisotopic (exact) mass is 419 g/mol. The van der Waals surface area contributed by atoms with E-state index >= 15 is 0 Å². The second-order valence-corrected chi connectivity index (χ2v) is 8.12. The molecule has 2 aromatic rings. The fourth-order valence-electron chi connectivity index (χ4n) is 4.12. The van der Waals surface area contributed by atoms with Crippen molar-refractivity contribution in [1.82, 2.24) is 10.2 Å². The number of imide groups is 1. The molecule has 2 aromatic carbocycles. The van der Waals surface area contributed by atoms with E-state index in [-0.39, 0.29) is 30.7 Å².